The third-order valence-electron chi connectivity index (χ3n) is 7.28. The molecule has 0 atom stereocenters. The van der Waals surface area contributed by atoms with E-state index in [0.29, 0.717) is 0 Å². The average Bonchev–Trinajstić information content (AvgIpc) is 3.14. The molecule has 2 heterocycles. The van der Waals surface area contributed by atoms with Gasteiger partial charge in [0.05, 0.1) is 11.2 Å². The van der Waals surface area contributed by atoms with Crippen LogP contribution in [0.25, 0.3) is 0 Å². The van der Waals surface area contributed by atoms with Gasteiger partial charge in [-0.3, -0.25) is 0 Å². The second-order valence-electron chi connectivity index (χ2n) is 9.89. The van der Waals surface area contributed by atoms with Crippen molar-refractivity contribution in [1.82, 2.24) is 0 Å². The fourth-order valence-corrected chi connectivity index (χ4v) is 4.72. The highest BCUT2D eigenvalue weighted by Gasteiger charge is 2.51. The van der Waals surface area contributed by atoms with Gasteiger partial charge in [0.15, 0.2) is 0 Å². The maximum Gasteiger partial charge on any atom is 0.494 e. The maximum atomic E-state index is 6.19. The molecule has 2 saturated heterocycles. The fraction of sp³-hybridized carbons (Fsp3) is 0.667. The quantitative estimate of drug-likeness (QED) is 0.538. The van der Waals surface area contributed by atoms with Crippen LogP contribution in [0.3, 0.4) is 0 Å². The summed E-state index contributed by atoms with van der Waals surface area (Å²) in [5.74, 6) is 0.862. The Balaban J connectivity index is 1.39. The molecular weight excluding hydrogens is 345 g/mol. The van der Waals surface area contributed by atoms with Crippen molar-refractivity contribution in [1.29, 1.82) is 0 Å². The molecule has 3 nitrogen and oxygen atoms in total. The molecule has 0 spiro atoms. The second-order valence-corrected chi connectivity index (χ2v) is 9.89. The van der Waals surface area contributed by atoms with E-state index in [1.54, 1.807) is 5.57 Å². The molecule has 1 aromatic carbocycles. The predicted molar refractivity (Wildman–Crippen MR) is 118 cm³/mol. The van der Waals surface area contributed by atoms with E-state index in [9.17, 15) is 0 Å². The molecule has 3 fully saturated rings. The number of anilines is 1. The first-order valence-corrected chi connectivity index (χ1v) is 11.2. The van der Waals surface area contributed by atoms with Crippen LogP contribution in [0.4, 0.5) is 5.69 Å². The Morgan fingerprint density at radius 3 is 2.18 bits per heavy atom. The molecule has 1 aromatic rings. The maximum absolute atomic E-state index is 6.19. The molecule has 0 amide bonds. The zero-order chi connectivity index (χ0) is 19.8. The van der Waals surface area contributed by atoms with Crippen molar-refractivity contribution in [2.24, 2.45) is 5.92 Å². The predicted octanol–water partition coefficient (Wildman–Crippen LogP) is 5.09. The van der Waals surface area contributed by atoms with Crippen LogP contribution in [0.15, 0.2) is 35.9 Å². The van der Waals surface area contributed by atoms with Gasteiger partial charge in [-0.2, -0.15) is 0 Å². The summed E-state index contributed by atoms with van der Waals surface area (Å²) in [5.41, 5.74) is 3.55. The third kappa shape index (κ3) is 4.18. The smallest absolute Gasteiger partial charge is 0.399 e. The number of hydrogen-bond donors (Lipinski definition) is 0. The molecule has 2 aliphatic heterocycles. The Kier molecular flexibility index (Phi) is 5.63. The van der Waals surface area contributed by atoms with Crippen LogP contribution in [0.5, 0.6) is 0 Å². The molecule has 0 N–H and O–H groups in total. The van der Waals surface area contributed by atoms with Crippen molar-refractivity contribution in [3.63, 3.8) is 0 Å². The summed E-state index contributed by atoms with van der Waals surface area (Å²) in [6.07, 6.45) is 12.1. The van der Waals surface area contributed by atoms with Crippen molar-refractivity contribution in [2.75, 3.05) is 18.0 Å². The van der Waals surface area contributed by atoms with Crippen LogP contribution in [0, 0.1) is 5.92 Å². The van der Waals surface area contributed by atoms with E-state index in [2.05, 4.69) is 62.9 Å². The summed E-state index contributed by atoms with van der Waals surface area (Å²) >= 11 is 0. The number of hydrogen-bond acceptors (Lipinski definition) is 3. The van der Waals surface area contributed by atoms with E-state index in [1.807, 2.05) is 0 Å². The zero-order valence-electron chi connectivity index (χ0n) is 18.2. The normalized spacial score (nSPS) is 26.8. The Bertz CT molecular complexity index is 688. The van der Waals surface area contributed by atoms with E-state index >= 15 is 0 Å². The van der Waals surface area contributed by atoms with Crippen LogP contribution in [0.2, 0.25) is 0 Å². The summed E-state index contributed by atoms with van der Waals surface area (Å²) in [6.45, 7) is 10.7. The molecule has 0 bridgehead atoms. The van der Waals surface area contributed by atoms with E-state index in [-0.39, 0.29) is 18.3 Å². The van der Waals surface area contributed by atoms with Gasteiger partial charge in [0.2, 0.25) is 0 Å². The molecule has 3 aliphatic rings. The lowest BCUT2D eigenvalue weighted by Crippen LogP contribution is -2.41. The second kappa shape index (κ2) is 7.87. The molecule has 152 valence electrons. The topological polar surface area (TPSA) is 21.7 Å². The first-order chi connectivity index (χ1) is 13.3. The van der Waals surface area contributed by atoms with Gasteiger partial charge in [0.1, 0.15) is 0 Å². The van der Waals surface area contributed by atoms with E-state index in [0.717, 1.165) is 24.5 Å². The van der Waals surface area contributed by atoms with Crippen molar-refractivity contribution in [2.45, 2.75) is 83.8 Å². The highest BCUT2D eigenvalue weighted by atomic mass is 16.7. The summed E-state index contributed by atoms with van der Waals surface area (Å²) < 4.78 is 12.4. The molecule has 1 aliphatic carbocycles. The monoisotopic (exact) mass is 381 g/mol. The van der Waals surface area contributed by atoms with Gasteiger partial charge in [-0.05, 0) is 83.3 Å². The van der Waals surface area contributed by atoms with Crippen LogP contribution in [-0.2, 0) is 9.31 Å². The Hall–Kier alpha value is -1.26. The first-order valence-electron chi connectivity index (χ1n) is 11.2. The van der Waals surface area contributed by atoms with Gasteiger partial charge < -0.3 is 14.2 Å². The van der Waals surface area contributed by atoms with Gasteiger partial charge in [-0.15, -0.1) is 0 Å². The van der Waals surface area contributed by atoms with Crippen molar-refractivity contribution >= 4 is 18.3 Å². The first kappa shape index (κ1) is 20.0. The van der Waals surface area contributed by atoms with E-state index < -0.39 is 0 Å². The lowest BCUT2D eigenvalue weighted by atomic mass is 9.79. The van der Waals surface area contributed by atoms with E-state index in [4.69, 9.17) is 9.31 Å². The molecule has 1 saturated carbocycles. The molecule has 0 radical (unpaired) electrons. The van der Waals surface area contributed by atoms with Crippen LogP contribution < -0.4 is 10.4 Å². The van der Waals surface area contributed by atoms with Crippen LogP contribution >= 0.6 is 0 Å². The van der Waals surface area contributed by atoms with Gasteiger partial charge in [-0.25, -0.2) is 0 Å². The summed E-state index contributed by atoms with van der Waals surface area (Å²) in [4.78, 5) is 2.55. The molecule has 4 heteroatoms. The molecule has 28 heavy (non-hydrogen) atoms. The number of allylic oxidation sites excluding steroid dienone is 1. The molecule has 0 unspecified atom stereocenters. The molecule has 0 aromatic heterocycles. The van der Waals surface area contributed by atoms with Gasteiger partial charge in [-0.1, -0.05) is 36.6 Å². The van der Waals surface area contributed by atoms with Gasteiger partial charge >= 0.3 is 7.12 Å². The highest BCUT2D eigenvalue weighted by molar-refractivity contribution is 6.62. The third-order valence-corrected chi connectivity index (χ3v) is 7.28. The zero-order valence-corrected chi connectivity index (χ0v) is 18.2. The Morgan fingerprint density at radius 2 is 1.54 bits per heavy atom. The minimum Gasteiger partial charge on any atom is -0.399 e. The Labute approximate surface area is 171 Å². The number of nitrogens with zero attached hydrogens (tertiary/aromatic N) is 1. The summed E-state index contributed by atoms with van der Waals surface area (Å²) in [5, 5.41) is 0. The molecule has 4 rings (SSSR count). The minimum atomic E-state index is -0.289. The summed E-state index contributed by atoms with van der Waals surface area (Å²) in [6, 6.07) is 8.84. The largest absolute Gasteiger partial charge is 0.494 e. The SMILES string of the molecule is CC1(C)OB(c2ccc(N3CCC/C(=C/C4CCCC4)CC3)cc2)OC1(C)C. The highest BCUT2D eigenvalue weighted by Crippen LogP contribution is 2.36. The fourth-order valence-electron chi connectivity index (χ4n) is 4.72. The van der Waals surface area contributed by atoms with Gasteiger partial charge in [0.25, 0.3) is 0 Å². The van der Waals surface area contributed by atoms with E-state index in [1.165, 1.54) is 50.6 Å². The standard InChI is InChI=1S/C24H36BNO2/c1-23(2)24(3,4)28-25(27-23)21-11-13-22(14-12-21)26-16-7-10-20(15-17-26)18-19-8-5-6-9-19/h11-14,18-19H,5-10,15-17H2,1-4H3/b20-18-. The summed E-state index contributed by atoms with van der Waals surface area (Å²) in [7, 11) is -0.274. The average molecular weight is 381 g/mol. The van der Waals surface area contributed by atoms with Crippen LogP contribution in [-0.4, -0.2) is 31.4 Å². The van der Waals surface area contributed by atoms with Crippen molar-refractivity contribution in [3.8, 4) is 0 Å². The van der Waals surface area contributed by atoms with Crippen molar-refractivity contribution < 1.29 is 9.31 Å². The lowest BCUT2D eigenvalue weighted by molar-refractivity contribution is 0.00578. The lowest BCUT2D eigenvalue weighted by Gasteiger charge is -2.32. The number of rotatable bonds is 3. The Morgan fingerprint density at radius 1 is 0.893 bits per heavy atom. The van der Waals surface area contributed by atoms with Crippen molar-refractivity contribution in [3.05, 3.63) is 35.9 Å². The number of benzene rings is 1. The minimum absolute atomic E-state index is 0.274. The molecular formula is C24H36BNO2. The van der Waals surface area contributed by atoms with Crippen LogP contribution in [0.1, 0.15) is 72.6 Å². The van der Waals surface area contributed by atoms with Gasteiger partial charge in [0, 0.05) is 18.8 Å².